The lowest BCUT2D eigenvalue weighted by molar-refractivity contribution is 0.953. The van der Waals surface area contributed by atoms with Gasteiger partial charge in [-0.2, -0.15) is 0 Å². The highest BCUT2D eigenvalue weighted by molar-refractivity contribution is 5.64. The van der Waals surface area contributed by atoms with E-state index < -0.39 is 0 Å². The van der Waals surface area contributed by atoms with Gasteiger partial charge < -0.3 is 0 Å². The van der Waals surface area contributed by atoms with Crippen molar-refractivity contribution in [2.24, 2.45) is 0 Å². The summed E-state index contributed by atoms with van der Waals surface area (Å²) in [5.41, 5.74) is 6.10. The Labute approximate surface area is 97.0 Å². The van der Waals surface area contributed by atoms with E-state index >= 15 is 0 Å². The summed E-state index contributed by atoms with van der Waals surface area (Å²) >= 11 is 0. The molecule has 0 heteroatoms. The van der Waals surface area contributed by atoms with Crippen molar-refractivity contribution in [3.8, 4) is 0 Å². The molecule has 0 aromatic heterocycles. The molecule has 2 aliphatic rings. The lowest BCUT2D eigenvalue weighted by Crippen LogP contribution is -2.34. The Kier molecular flexibility index (Phi) is 2.24. The minimum Gasteiger partial charge on any atom is -0.0836 e. The Morgan fingerprint density at radius 2 is 1.56 bits per heavy atom. The Bertz CT molecular complexity index is 586. The first-order chi connectivity index (χ1) is 7.79. The van der Waals surface area contributed by atoms with Crippen LogP contribution in [-0.4, -0.2) is 0 Å². The molecular weight excluding hydrogens is 192 g/mol. The van der Waals surface area contributed by atoms with E-state index in [1.807, 2.05) is 0 Å². The second-order valence-electron chi connectivity index (χ2n) is 4.90. The molecular formula is C16H18. The molecule has 0 atom stereocenters. The minimum atomic E-state index is 1.20. The molecule has 0 saturated heterocycles. The van der Waals surface area contributed by atoms with Crippen molar-refractivity contribution in [3.63, 3.8) is 0 Å². The van der Waals surface area contributed by atoms with Gasteiger partial charge in [0.25, 0.3) is 0 Å². The van der Waals surface area contributed by atoms with Gasteiger partial charge in [-0.05, 0) is 72.2 Å². The fourth-order valence-electron chi connectivity index (χ4n) is 3.10. The topological polar surface area (TPSA) is 0 Å². The van der Waals surface area contributed by atoms with Crippen LogP contribution in [0.25, 0.3) is 18.2 Å². The normalized spacial score (nSPS) is 17.1. The summed E-state index contributed by atoms with van der Waals surface area (Å²) in [6.07, 6.45) is 14.3. The molecule has 0 N–H and O–H groups in total. The van der Waals surface area contributed by atoms with Gasteiger partial charge in [0.05, 0.1) is 0 Å². The number of fused-ring (bicyclic) bond motifs is 2. The molecule has 0 aliphatic heterocycles. The lowest BCUT2D eigenvalue weighted by atomic mass is 9.86. The Hall–Kier alpha value is -1.30. The molecule has 0 bridgehead atoms. The Morgan fingerprint density at radius 3 is 2.31 bits per heavy atom. The fraction of sp³-hybridized carbons (Fsp3) is 0.375. The first-order valence-corrected chi connectivity index (χ1v) is 6.28. The zero-order valence-electron chi connectivity index (χ0n) is 10.1. The van der Waals surface area contributed by atoms with E-state index in [-0.39, 0.29) is 0 Å². The molecule has 3 rings (SSSR count). The first-order valence-electron chi connectivity index (χ1n) is 6.28. The zero-order valence-corrected chi connectivity index (χ0v) is 10.1. The standard InChI is InChI=1S/C16H18/c1-11-13-7-3-5-9-15(13)12(2)16-10-6-4-8-14(11)16/h3,7-8,10H,4-6,9H2,1-2H3. The van der Waals surface area contributed by atoms with Gasteiger partial charge in [-0.15, -0.1) is 0 Å². The van der Waals surface area contributed by atoms with Crippen LogP contribution in [0.1, 0.15) is 41.5 Å². The smallest absolute Gasteiger partial charge is 0.0189 e. The van der Waals surface area contributed by atoms with Crippen LogP contribution in [0.3, 0.4) is 0 Å². The number of allylic oxidation sites excluding steroid dienone is 1. The van der Waals surface area contributed by atoms with Crippen molar-refractivity contribution in [1.29, 1.82) is 0 Å². The van der Waals surface area contributed by atoms with Gasteiger partial charge in [0, 0.05) is 0 Å². The molecule has 0 spiro atoms. The van der Waals surface area contributed by atoms with Gasteiger partial charge >= 0.3 is 0 Å². The average molecular weight is 210 g/mol. The van der Waals surface area contributed by atoms with Gasteiger partial charge in [-0.3, -0.25) is 0 Å². The number of rotatable bonds is 0. The Balaban J connectivity index is 2.49. The van der Waals surface area contributed by atoms with E-state index in [9.17, 15) is 0 Å². The summed E-state index contributed by atoms with van der Waals surface area (Å²) in [5, 5.41) is 3.01. The maximum atomic E-state index is 2.43. The van der Waals surface area contributed by atoms with Crippen LogP contribution in [-0.2, 0) is 6.42 Å². The summed E-state index contributed by atoms with van der Waals surface area (Å²) in [7, 11) is 0. The third-order valence-electron chi connectivity index (χ3n) is 3.99. The summed E-state index contributed by atoms with van der Waals surface area (Å²) < 4.78 is 0. The van der Waals surface area contributed by atoms with Crippen LogP contribution >= 0.6 is 0 Å². The summed E-state index contributed by atoms with van der Waals surface area (Å²) in [6, 6.07) is 0. The lowest BCUT2D eigenvalue weighted by Gasteiger charge is -2.19. The predicted octanol–water partition coefficient (Wildman–Crippen LogP) is 2.62. The second kappa shape index (κ2) is 3.62. The summed E-state index contributed by atoms with van der Waals surface area (Å²) in [6.45, 7) is 4.58. The van der Waals surface area contributed by atoms with E-state index in [4.69, 9.17) is 0 Å². The molecule has 0 saturated carbocycles. The van der Waals surface area contributed by atoms with Crippen LogP contribution < -0.4 is 10.4 Å². The first kappa shape index (κ1) is 9.89. The van der Waals surface area contributed by atoms with Gasteiger partial charge in [-0.25, -0.2) is 0 Å². The molecule has 0 nitrogen and oxygen atoms in total. The maximum absolute atomic E-state index is 2.43. The van der Waals surface area contributed by atoms with Crippen LogP contribution in [0.15, 0.2) is 6.08 Å². The molecule has 82 valence electrons. The molecule has 1 aromatic carbocycles. The number of benzene rings is 1. The van der Waals surface area contributed by atoms with Gasteiger partial charge in [0.15, 0.2) is 0 Å². The molecule has 0 fully saturated rings. The van der Waals surface area contributed by atoms with E-state index in [1.54, 1.807) is 5.56 Å². The van der Waals surface area contributed by atoms with Crippen LogP contribution in [0.4, 0.5) is 0 Å². The minimum absolute atomic E-state index is 1.20. The van der Waals surface area contributed by atoms with E-state index in [0.29, 0.717) is 0 Å². The van der Waals surface area contributed by atoms with Crippen molar-refractivity contribution in [2.75, 3.05) is 0 Å². The monoisotopic (exact) mass is 210 g/mol. The van der Waals surface area contributed by atoms with E-state index in [0.717, 1.165) is 0 Å². The molecule has 0 heterocycles. The fourth-order valence-corrected chi connectivity index (χ4v) is 3.10. The third kappa shape index (κ3) is 1.29. The van der Waals surface area contributed by atoms with Crippen molar-refractivity contribution in [3.05, 3.63) is 38.8 Å². The zero-order chi connectivity index (χ0) is 11.1. The molecule has 0 amide bonds. The largest absolute Gasteiger partial charge is 0.0836 e. The number of hydrogen-bond donors (Lipinski definition) is 0. The van der Waals surface area contributed by atoms with Crippen LogP contribution in [0.2, 0.25) is 0 Å². The summed E-state index contributed by atoms with van der Waals surface area (Å²) in [4.78, 5) is 0. The molecule has 16 heavy (non-hydrogen) atoms. The van der Waals surface area contributed by atoms with Crippen LogP contribution in [0, 0.1) is 13.8 Å². The van der Waals surface area contributed by atoms with E-state index in [2.05, 4.69) is 38.2 Å². The third-order valence-corrected chi connectivity index (χ3v) is 3.99. The Morgan fingerprint density at radius 1 is 0.875 bits per heavy atom. The molecule has 2 aliphatic carbocycles. The van der Waals surface area contributed by atoms with Crippen molar-refractivity contribution in [2.45, 2.75) is 39.5 Å². The van der Waals surface area contributed by atoms with Crippen molar-refractivity contribution in [1.82, 2.24) is 0 Å². The highest BCUT2D eigenvalue weighted by atomic mass is 14.2. The quantitative estimate of drug-likeness (QED) is 0.617. The van der Waals surface area contributed by atoms with Gasteiger partial charge in [0.2, 0.25) is 0 Å². The number of hydrogen-bond acceptors (Lipinski definition) is 0. The van der Waals surface area contributed by atoms with E-state index in [1.165, 1.54) is 52.8 Å². The van der Waals surface area contributed by atoms with Gasteiger partial charge in [0.1, 0.15) is 0 Å². The maximum Gasteiger partial charge on any atom is -0.0189 e. The van der Waals surface area contributed by atoms with Crippen molar-refractivity contribution >= 4 is 18.2 Å². The van der Waals surface area contributed by atoms with Crippen LogP contribution in [0.5, 0.6) is 0 Å². The highest BCUT2D eigenvalue weighted by Gasteiger charge is 2.13. The predicted molar refractivity (Wildman–Crippen MR) is 70.7 cm³/mol. The molecule has 0 unspecified atom stereocenters. The SMILES string of the molecule is Cc1c2c(c(C)c3c1=CCCC=3)CCC=C2. The molecule has 0 radical (unpaired) electrons. The van der Waals surface area contributed by atoms with Gasteiger partial charge in [-0.1, -0.05) is 24.3 Å². The average Bonchev–Trinajstić information content (AvgIpc) is 2.36. The molecule has 1 aromatic rings. The second-order valence-corrected chi connectivity index (χ2v) is 4.90. The summed E-state index contributed by atoms with van der Waals surface area (Å²) in [5.74, 6) is 0. The highest BCUT2D eigenvalue weighted by Crippen LogP contribution is 2.22. The van der Waals surface area contributed by atoms with Crippen molar-refractivity contribution < 1.29 is 0 Å².